The van der Waals surface area contributed by atoms with Crippen molar-refractivity contribution in [3.8, 4) is 0 Å². The van der Waals surface area contributed by atoms with Gasteiger partial charge in [0.1, 0.15) is 0 Å². The summed E-state index contributed by atoms with van der Waals surface area (Å²) in [6, 6.07) is 0. The zero-order valence-electron chi connectivity index (χ0n) is 6.45. The van der Waals surface area contributed by atoms with Crippen LogP contribution in [0.25, 0.3) is 0 Å². The second-order valence-corrected chi connectivity index (χ2v) is 0. The van der Waals surface area contributed by atoms with E-state index in [1.807, 2.05) is 0 Å². The maximum absolute atomic E-state index is 6.25. The molecule has 0 heterocycles. The van der Waals surface area contributed by atoms with Crippen LogP contribution in [0.3, 0.4) is 0 Å². The third kappa shape index (κ3) is 248. The van der Waals surface area contributed by atoms with E-state index in [1.54, 1.807) is 0 Å². The van der Waals surface area contributed by atoms with Gasteiger partial charge in [-0.1, -0.05) is 0 Å². The van der Waals surface area contributed by atoms with E-state index < -0.39 is 0 Å². The first kappa shape index (κ1) is 57.0. The van der Waals surface area contributed by atoms with Gasteiger partial charge in [0.05, 0.1) is 0 Å². The first-order chi connectivity index (χ1) is 7.00. The molecule has 0 unspecified atom stereocenters. The summed E-state index contributed by atoms with van der Waals surface area (Å²) in [5.74, 6) is 0. The van der Waals surface area contributed by atoms with Crippen molar-refractivity contribution in [2.75, 3.05) is 0 Å². The van der Waals surface area contributed by atoms with Gasteiger partial charge in [0.15, 0.2) is 0 Å². The monoisotopic (exact) mass is 396 g/mol. The van der Waals surface area contributed by atoms with Gasteiger partial charge in [-0.2, -0.15) is 0 Å². The Hall–Kier alpha value is -1.85. The molecule has 6 nitrogen and oxygen atoms in total. The Kier molecular flexibility index (Phi) is 1360. The van der Waals surface area contributed by atoms with Gasteiger partial charge in [-0.25, -0.2) is 0 Å². The molecule has 74 valence electrons. The topological polar surface area (TPSA) is 143 Å². The Balaban J connectivity index is -0.00000000817. The van der Waals surface area contributed by atoms with Crippen LogP contribution in [0.1, 0.15) is 0 Å². The molecule has 0 rings (SSSR count). The summed E-state index contributed by atoms with van der Waals surface area (Å²) in [6.45, 7) is 28.5. The van der Waals surface area contributed by atoms with Crippen molar-refractivity contribution in [2.24, 2.45) is 0 Å². The first-order valence-corrected chi connectivity index (χ1v) is 6.21. The number of hydrogen-bond donors (Lipinski definition) is 0. The summed E-state index contributed by atoms with van der Waals surface area (Å²) in [6.07, 6.45) is 0. The standard InChI is InChI=1S/6CN.Fe.W/c6*1-2;;/q6*-1;;. The molecule has 0 bridgehead atoms. The molecule has 0 saturated heterocycles. The van der Waals surface area contributed by atoms with Gasteiger partial charge in [0, 0.05) is 0 Å². The van der Waals surface area contributed by atoms with Gasteiger partial charge in [-0.05, 0) is 0 Å². The summed E-state index contributed by atoms with van der Waals surface area (Å²) in [7, 11) is 0. The van der Waals surface area contributed by atoms with E-state index in [2.05, 4.69) is 12.8 Å². The molecule has 0 radical (unpaired) electrons. The molecular formula is C6FeN6W-6. The van der Waals surface area contributed by atoms with Crippen molar-refractivity contribution in [1.82, 2.24) is 0 Å². The molecular weight excluding hydrogens is 396 g/mol. The van der Waals surface area contributed by atoms with Crippen LogP contribution in [-0.2, 0) is 30.0 Å². The molecule has 8 heteroatoms. The van der Waals surface area contributed by atoms with Crippen LogP contribution in [0.4, 0.5) is 0 Å². The van der Waals surface area contributed by atoms with Crippen LogP contribution < -0.4 is 0 Å². The zero-order chi connectivity index (χ0) is 14.0. The van der Waals surface area contributed by atoms with E-state index in [-0.39, 0.29) is 0 Å². The Morgan fingerprint density at radius 3 is 0.429 bits per heavy atom. The Morgan fingerprint density at radius 2 is 0.429 bits per heavy atom. The van der Waals surface area contributed by atoms with Gasteiger partial charge in [-0.3, -0.25) is 0 Å². The van der Waals surface area contributed by atoms with Crippen molar-refractivity contribution in [1.29, 1.82) is 31.6 Å². The fourth-order valence-corrected chi connectivity index (χ4v) is 0. The molecule has 14 heavy (non-hydrogen) atoms. The van der Waals surface area contributed by atoms with Gasteiger partial charge < -0.3 is 71.0 Å². The molecule has 0 spiro atoms. The minimum absolute atomic E-state index is 1.33. The summed E-state index contributed by atoms with van der Waals surface area (Å²) in [5.41, 5.74) is 0. The predicted octanol–water partition coefficient (Wildman–Crippen LogP) is 0.573. The summed E-state index contributed by atoms with van der Waals surface area (Å²) in [5, 5.41) is 37.5. The second-order valence-electron chi connectivity index (χ2n) is 0. The van der Waals surface area contributed by atoms with E-state index in [4.69, 9.17) is 71.0 Å². The van der Waals surface area contributed by atoms with Crippen molar-refractivity contribution in [3.63, 3.8) is 0 Å². The van der Waals surface area contributed by atoms with Gasteiger partial charge in [-0.15, -0.1) is 0 Å². The van der Waals surface area contributed by atoms with E-state index >= 15 is 0 Å². The molecule has 0 aromatic rings. The third-order valence-electron chi connectivity index (χ3n) is 0. The van der Waals surface area contributed by atoms with Crippen LogP contribution in [0.2, 0.25) is 0 Å². The van der Waals surface area contributed by atoms with Gasteiger partial charge in [0.2, 0.25) is 0 Å². The van der Waals surface area contributed by atoms with E-state index in [0.29, 0.717) is 0 Å². The molecule has 0 aliphatic rings. The Morgan fingerprint density at radius 1 is 0.429 bits per heavy atom. The molecule has 0 aliphatic carbocycles. The summed E-state index contributed by atoms with van der Waals surface area (Å²) >= 11 is 4.67. The minimum atomic E-state index is 1.33. The van der Waals surface area contributed by atoms with Crippen LogP contribution in [0.15, 0.2) is 0 Å². The quantitative estimate of drug-likeness (QED) is 0.433. The molecule has 0 N–H and O–H groups in total. The fourth-order valence-electron chi connectivity index (χ4n) is 0. The van der Waals surface area contributed by atoms with Gasteiger partial charge in [0.25, 0.3) is 0 Å². The van der Waals surface area contributed by atoms with E-state index in [0.717, 1.165) is 0 Å². The van der Waals surface area contributed by atoms with Crippen LogP contribution in [0.5, 0.6) is 0 Å². The van der Waals surface area contributed by atoms with Crippen molar-refractivity contribution in [3.05, 3.63) is 39.4 Å². The fraction of sp³-hybridized carbons (Fsp3) is 0. The number of rotatable bonds is 0. The van der Waals surface area contributed by atoms with E-state index in [1.165, 1.54) is 17.2 Å². The molecule has 0 aromatic heterocycles. The second kappa shape index (κ2) is 335. The molecule has 0 aliphatic heterocycles. The molecule has 0 amide bonds. The first-order valence-electron chi connectivity index (χ1n) is 1.49. The predicted molar refractivity (Wildman–Crippen MR) is 29.8 cm³/mol. The normalized spacial score (nSPS) is 1.21. The number of hydrogen-bond acceptors (Lipinski definition) is 6. The van der Waals surface area contributed by atoms with Crippen molar-refractivity contribution in [2.45, 2.75) is 0 Å². The molecule has 0 atom stereocenters. The summed E-state index contributed by atoms with van der Waals surface area (Å²) in [4.78, 5) is 0. The Bertz CT molecular complexity index is 109. The van der Waals surface area contributed by atoms with Crippen LogP contribution in [0, 0.1) is 71.0 Å². The molecule has 0 saturated carbocycles. The van der Waals surface area contributed by atoms with Crippen molar-refractivity contribution >= 4 is 0 Å². The van der Waals surface area contributed by atoms with Gasteiger partial charge >= 0.3 is 30.0 Å². The van der Waals surface area contributed by atoms with Crippen LogP contribution in [-0.4, -0.2) is 0 Å². The average Bonchev–Trinajstić information content (AvgIpc) is 2.45. The third-order valence-corrected chi connectivity index (χ3v) is 0. The number of nitrogens with zero attached hydrogens (tertiary/aromatic N) is 6. The molecule has 0 aromatic carbocycles. The summed E-state index contributed by atoms with van der Waals surface area (Å²) < 4.78 is 0. The maximum atomic E-state index is 6.25. The molecule has 0 fully saturated rings. The van der Waals surface area contributed by atoms with Crippen molar-refractivity contribution < 1.29 is 30.0 Å². The SMILES string of the molecule is [C-]#N.[C-]#N.[C-]#N.[C-]#N.[C-]#N.[C-]#N.[Fe]=[W]. The zero-order valence-corrected chi connectivity index (χ0v) is 10.5. The van der Waals surface area contributed by atoms with Crippen LogP contribution >= 0.6 is 0 Å². The Labute approximate surface area is 101 Å². The van der Waals surface area contributed by atoms with E-state index in [9.17, 15) is 0 Å². The average molecular weight is 396 g/mol.